The molecule has 0 aliphatic heterocycles. The molecule has 20 heavy (non-hydrogen) atoms. The van der Waals surface area contributed by atoms with Crippen LogP contribution in [0.3, 0.4) is 0 Å². The molecule has 1 aromatic heterocycles. The maximum Gasteiger partial charge on any atom is 0.0349 e. The van der Waals surface area contributed by atoms with Crippen molar-refractivity contribution in [2.45, 2.75) is 19.3 Å². The predicted molar refractivity (Wildman–Crippen MR) is 88.1 cm³/mol. The smallest absolute Gasteiger partial charge is 0.0349 e. The number of rotatable bonds is 3. The Hall–Kier alpha value is -1.12. The molecule has 2 atom stereocenters. The third-order valence-corrected chi connectivity index (χ3v) is 6.01. The molecule has 0 N–H and O–H groups in total. The number of thiophene rings is 1. The predicted octanol–water partition coefficient (Wildman–Crippen LogP) is 4.65. The number of likely N-dealkylation sites (N-methyl/N-ethyl adjacent to an activating group) is 1. The van der Waals surface area contributed by atoms with Crippen LogP contribution < -0.4 is 0 Å². The van der Waals surface area contributed by atoms with Crippen molar-refractivity contribution in [1.82, 2.24) is 4.90 Å². The SMILES string of the molecule is CN(C)CC1=C(c2cc3ccccc3s2)C2CCC1C2. The monoisotopic (exact) mass is 283 g/mol. The van der Waals surface area contributed by atoms with Gasteiger partial charge in [0.25, 0.3) is 0 Å². The Kier molecular flexibility index (Phi) is 2.97. The molecule has 2 aromatic rings. The van der Waals surface area contributed by atoms with E-state index >= 15 is 0 Å². The first-order valence-electron chi connectivity index (χ1n) is 7.59. The maximum atomic E-state index is 2.42. The van der Waals surface area contributed by atoms with E-state index in [1.165, 1.54) is 34.2 Å². The van der Waals surface area contributed by atoms with E-state index in [0.717, 1.165) is 18.4 Å². The first-order chi connectivity index (χ1) is 9.72. The van der Waals surface area contributed by atoms with Crippen LogP contribution in [-0.2, 0) is 0 Å². The van der Waals surface area contributed by atoms with Gasteiger partial charge >= 0.3 is 0 Å². The van der Waals surface area contributed by atoms with Gasteiger partial charge in [-0.15, -0.1) is 11.3 Å². The zero-order valence-corrected chi connectivity index (χ0v) is 13.0. The number of benzene rings is 1. The third kappa shape index (κ3) is 1.94. The maximum absolute atomic E-state index is 2.42. The van der Waals surface area contributed by atoms with E-state index in [4.69, 9.17) is 0 Å². The van der Waals surface area contributed by atoms with Gasteiger partial charge in [-0.2, -0.15) is 0 Å². The van der Waals surface area contributed by atoms with E-state index < -0.39 is 0 Å². The van der Waals surface area contributed by atoms with Gasteiger partial charge in [-0.1, -0.05) is 18.2 Å². The highest BCUT2D eigenvalue weighted by Crippen LogP contribution is 2.54. The van der Waals surface area contributed by atoms with Gasteiger partial charge in [0, 0.05) is 16.1 Å². The van der Waals surface area contributed by atoms with Crippen LogP contribution >= 0.6 is 11.3 Å². The van der Waals surface area contributed by atoms with Crippen LogP contribution in [-0.4, -0.2) is 25.5 Å². The summed E-state index contributed by atoms with van der Waals surface area (Å²) < 4.78 is 1.43. The molecule has 2 heteroatoms. The minimum absolute atomic E-state index is 0.836. The van der Waals surface area contributed by atoms with Crippen molar-refractivity contribution >= 4 is 27.0 Å². The zero-order chi connectivity index (χ0) is 13.7. The van der Waals surface area contributed by atoms with Gasteiger partial charge in [-0.3, -0.25) is 0 Å². The molecular weight excluding hydrogens is 262 g/mol. The molecule has 2 unspecified atom stereocenters. The van der Waals surface area contributed by atoms with Crippen LogP contribution in [0.1, 0.15) is 24.1 Å². The Morgan fingerprint density at radius 2 is 1.95 bits per heavy atom. The molecule has 0 radical (unpaired) electrons. The highest BCUT2D eigenvalue weighted by atomic mass is 32.1. The van der Waals surface area contributed by atoms with E-state index in [0.29, 0.717) is 0 Å². The largest absolute Gasteiger partial charge is 0.305 e. The van der Waals surface area contributed by atoms with Crippen molar-refractivity contribution in [1.29, 1.82) is 0 Å². The van der Waals surface area contributed by atoms with Crippen LogP contribution in [0.25, 0.3) is 15.7 Å². The number of nitrogens with zero attached hydrogens (tertiary/aromatic N) is 1. The summed E-state index contributed by atoms with van der Waals surface area (Å²) >= 11 is 1.99. The fraction of sp³-hybridized carbons (Fsp3) is 0.444. The molecule has 2 bridgehead atoms. The Labute approximate surface area is 124 Å². The van der Waals surface area contributed by atoms with Gasteiger partial charge in [0.1, 0.15) is 0 Å². The fourth-order valence-corrected chi connectivity index (χ4v) is 5.29. The summed E-state index contributed by atoms with van der Waals surface area (Å²) in [4.78, 5) is 3.87. The van der Waals surface area contributed by atoms with Crippen molar-refractivity contribution in [3.05, 3.63) is 40.8 Å². The topological polar surface area (TPSA) is 3.24 Å². The Morgan fingerprint density at radius 1 is 1.15 bits per heavy atom. The molecular formula is C18H21NS. The second-order valence-corrected chi connectivity index (χ2v) is 7.62. The van der Waals surface area contributed by atoms with Crippen LogP contribution in [0.4, 0.5) is 0 Å². The highest BCUT2D eigenvalue weighted by Gasteiger charge is 2.39. The van der Waals surface area contributed by atoms with Crippen LogP contribution in [0.15, 0.2) is 35.9 Å². The lowest BCUT2D eigenvalue weighted by atomic mass is 9.90. The van der Waals surface area contributed by atoms with Crippen molar-refractivity contribution in [3.63, 3.8) is 0 Å². The Balaban J connectivity index is 1.83. The second kappa shape index (κ2) is 4.71. The summed E-state index contributed by atoms with van der Waals surface area (Å²) in [7, 11) is 4.39. The molecule has 0 saturated heterocycles. The van der Waals surface area contributed by atoms with E-state index in [1.54, 1.807) is 11.1 Å². The molecule has 1 nitrogen and oxygen atoms in total. The van der Waals surface area contributed by atoms with Gasteiger partial charge in [-0.05, 0) is 73.9 Å². The number of hydrogen-bond acceptors (Lipinski definition) is 2. The number of allylic oxidation sites excluding steroid dienone is 1. The van der Waals surface area contributed by atoms with Gasteiger partial charge in [0.15, 0.2) is 0 Å². The fourth-order valence-electron chi connectivity index (χ4n) is 4.07. The first kappa shape index (κ1) is 12.6. The van der Waals surface area contributed by atoms with Crippen LogP contribution in [0.5, 0.6) is 0 Å². The van der Waals surface area contributed by atoms with Crippen LogP contribution in [0, 0.1) is 11.8 Å². The molecule has 0 amide bonds. The standard InChI is InChI=1S/C18H21NS/c1-19(2)11-15-12-7-8-14(9-12)18(15)17-10-13-5-3-4-6-16(13)20-17/h3-6,10,12,14H,7-9,11H2,1-2H3. The first-order valence-corrected chi connectivity index (χ1v) is 8.40. The van der Waals surface area contributed by atoms with Crippen molar-refractivity contribution in [2.24, 2.45) is 11.8 Å². The second-order valence-electron chi connectivity index (χ2n) is 6.53. The van der Waals surface area contributed by atoms with E-state index in [1.807, 2.05) is 11.3 Å². The van der Waals surface area contributed by atoms with Gasteiger partial charge < -0.3 is 4.90 Å². The average Bonchev–Trinajstić information content (AvgIpc) is 3.10. The molecule has 104 valence electrons. The quantitative estimate of drug-likeness (QED) is 0.792. The van der Waals surface area contributed by atoms with Gasteiger partial charge in [-0.25, -0.2) is 0 Å². The molecule has 1 heterocycles. The van der Waals surface area contributed by atoms with Crippen LogP contribution in [0.2, 0.25) is 0 Å². The van der Waals surface area contributed by atoms with E-state index in [-0.39, 0.29) is 0 Å². The number of hydrogen-bond donors (Lipinski definition) is 0. The van der Waals surface area contributed by atoms with Crippen molar-refractivity contribution in [3.8, 4) is 0 Å². The lowest BCUT2D eigenvalue weighted by molar-refractivity contribution is 0.423. The molecule has 2 aliphatic carbocycles. The minimum Gasteiger partial charge on any atom is -0.305 e. The average molecular weight is 283 g/mol. The minimum atomic E-state index is 0.836. The summed E-state index contributed by atoms with van der Waals surface area (Å²) in [5.41, 5.74) is 3.44. The summed E-state index contributed by atoms with van der Waals surface area (Å²) in [6.07, 6.45) is 4.24. The van der Waals surface area contributed by atoms with Gasteiger partial charge in [0.05, 0.1) is 0 Å². The Bertz CT molecular complexity index is 647. The zero-order valence-electron chi connectivity index (χ0n) is 12.2. The third-order valence-electron chi connectivity index (χ3n) is 4.86. The molecule has 1 fully saturated rings. The molecule has 0 spiro atoms. The van der Waals surface area contributed by atoms with Crippen molar-refractivity contribution in [2.75, 3.05) is 20.6 Å². The summed E-state index contributed by atoms with van der Waals surface area (Å²) in [5, 5.41) is 1.41. The Morgan fingerprint density at radius 3 is 2.75 bits per heavy atom. The van der Waals surface area contributed by atoms with Crippen molar-refractivity contribution < 1.29 is 0 Å². The molecule has 1 saturated carbocycles. The highest BCUT2D eigenvalue weighted by molar-refractivity contribution is 7.20. The molecule has 2 aliphatic rings. The lowest BCUT2D eigenvalue weighted by Gasteiger charge is -2.22. The van der Waals surface area contributed by atoms with E-state index in [2.05, 4.69) is 49.3 Å². The normalized spacial score (nSPS) is 25.4. The lowest BCUT2D eigenvalue weighted by Crippen LogP contribution is -2.19. The summed E-state index contributed by atoms with van der Waals surface area (Å²) in [6.45, 7) is 1.14. The molecule has 4 rings (SSSR count). The summed E-state index contributed by atoms with van der Waals surface area (Å²) in [6, 6.07) is 11.2. The summed E-state index contributed by atoms with van der Waals surface area (Å²) in [5.74, 6) is 1.70. The van der Waals surface area contributed by atoms with Gasteiger partial charge in [0.2, 0.25) is 0 Å². The molecule has 1 aromatic carbocycles. The van der Waals surface area contributed by atoms with E-state index in [9.17, 15) is 0 Å². The number of fused-ring (bicyclic) bond motifs is 3.